The van der Waals surface area contributed by atoms with Gasteiger partial charge in [0, 0.05) is 42.4 Å². The van der Waals surface area contributed by atoms with Crippen LogP contribution in [0.25, 0.3) is 4.91 Å². The van der Waals surface area contributed by atoms with Crippen LogP contribution in [0.1, 0.15) is 41.0 Å². The van der Waals surface area contributed by atoms with Crippen molar-refractivity contribution in [3.8, 4) is 0 Å². The lowest BCUT2D eigenvalue weighted by molar-refractivity contribution is 0.331. The third-order valence-electron chi connectivity index (χ3n) is 7.18. The summed E-state index contributed by atoms with van der Waals surface area (Å²) in [5.41, 5.74) is 3.83. The largest absolute Gasteiger partial charge is 0.305 e. The van der Waals surface area contributed by atoms with Gasteiger partial charge in [0.2, 0.25) is 0 Å². The Morgan fingerprint density at radius 2 is 1.54 bits per heavy atom. The summed E-state index contributed by atoms with van der Waals surface area (Å²) in [6.07, 6.45) is 3.55. The van der Waals surface area contributed by atoms with E-state index < -0.39 is 21.5 Å². The monoisotopic (exact) mass is 542 g/mol. The molecule has 2 saturated heterocycles. The Hall–Kier alpha value is -2.58. The third kappa shape index (κ3) is 5.80. The number of sulfone groups is 1. The van der Waals surface area contributed by atoms with Gasteiger partial charge in [0.05, 0.1) is 4.91 Å². The number of rotatable bonds is 7. The molecule has 0 amide bonds. The van der Waals surface area contributed by atoms with E-state index in [0.29, 0.717) is 17.1 Å². The molecule has 194 valence electrons. The van der Waals surface area contributed by atoms with Crippen molar-refractivity contribution in [3.63, 3.8) is 0 Å². The molecule has 2 atom stereocenters. The van der Waals surface area contributed by atoms with Crippen molar-refractivity contribution in [2.75, 3.05) is 25.9 Å². The van der Waals surface area contributed by atoms with Crippen LogP contribution >= 0.6 is 11.6 Å². The van der Waals surface area contributed by atoms with Gasteiger partial charge in [0.15, 0.2) is 9.84 Å². The highest BCUT2D eigenvalue weighted by Gasteiger charge is 2.38. The van der Waals surface area contributed by atoms with E-state index in [1.807, 2.05) is 24.3 Å². The number of nitrogens with zero attached hydrogens (tertiary/aromatic N) is 1. The van der Waals surface area contributed by atoms with Gasteiger partial charge in [-0.05, 0) is 78.0 Å². The maximum absolute atomic E-state index is 14.1. The zero-order chi connectivity index (χ0) is 26.2. The maximum atomic E-state index is 14.1. The molecular weight excluding hydrogens is 514 g/mol. The van der Waals surface area contributed by atoms with Crippen molar-refractivity contribution < 1.29 is 17.2 Å². The first-order chi connectivity index (χ1) is 17.7. The Kier molecular flexibility index (Phi) is 7.50. The van der Waals surface area contributed by atoms with Gasteiger partial charge in [-0.25, -0.2) is 17.2 Å². The van der Waals surface area contributed by atoms with E-state index in [2.05, 4.69) is 34.5 Å². The topological polar surface area (TPSA) is 49.4 Å². The van der Waals surface area contributed by atoms with Crippen molar-refractivity contribution in [3.05, 3.63) is 111 Å². The van der Waals surface area contributed by atoms with Crippen LogP contribution in [0.3, 0.4) is 0 Å². The van der Waals surface area contributed by atoms with E-state index >= 15 is 0 Å². The van der Waals surface area contributed by atoms with Crippen LogP contribution in [0.2, 0.25) is 5.02 Å². The van der Waals surface area contributed by atoms with Crippen molar-refractivity contribution in [1.82, 2.24) is 10.2 Å². The van der Waals surface area contributed by atoms with Crippen molar-refractivity contribution in [2.24, 2.45) is 0 Å². The van der Waals surface area contributed by atoms with E-state index in [1.54, 1.807) is 0 Å². The molecule has 0 bridgehead atoms. The molecule has 0 aliphatic carbocycles. The first-order valence-corrected chi connectivity index (χ1v) is 14.7. The summed E-state index contributed by atoms with van der Waals surface area (Å²) in [6, 6.07) is 18.4. The van der Waals surface area contributed by atoms with Crippen LogP contribution in [0, 0.1) is 11.6 Å². The molecule has 5 rings (SSSR count). The molecule has 2 heterocycles. The van der Waals surface area contributed by atoms with Gasteiger partial charge in [-0.1, -0.05) is 48.0 Å². The number of benzene rings is 3. The van der Waals surface area contributed by atoms with Gasteiger partial charge >= 0.3 is 0 Å². The second-order valence-electron chi connectivity index (χ2n) is 9.90. The second kappa shape index (κ2) is 10.7. The average Bonchev–Trinajstić information content (AvgIpc) is 3.33. The maximum Gasteiger partial charge on any atom is 0.176 e. The van der Waals surface area contributed by atoms with Crippen LogP contribution in [0.15, 0.2) is 72.3 Å². The molecule has 37 heavy (non-hydrogen) atoms. The fourth-order valence-electron chi connectivity index (χ4n) is 5.46. The molecule has 2 aliphatic heterocycles. The minimum atomic E-state index is -3.79. The molecule has 0 aromatic heterocycles. The predicted octanol–water partition coefficient (Wildman–Crippen LogP) is 5.77. The molecule has 3 aromatic carbocycles. The van der Waals surface area contributed by atoms with Crippen LogP contribution in [0.4, 0.5) is 8.78 Å². The van der Waals surface area contributed by atoms with E-state index in [1.165, 1.54) is 18.4 Å². The molecule has 8 heteroatoms. The van der Waals surface area contributed by atoms with Gasteiger partial charge in [-0.3, -0.25) is 4.90 Å². The van der Waals surface area contributed by atoms with Crippen LogP contribution in [-0.4, -0.2) is 45.2 Å². The van der Waals surface area contributed by atoms with Gasteiger partial charge in [-0.15, -0.1) is 0 Å². The summed E-state index contributed by atoms with van der Waals surface area (Å²) >= 11 is 6.16. The number of hydrogen-bond acceptors (Lipinski definition) is 4. The Morgan fingerprint density at radius 3 is 2.05 bits per heavy atom. The van der Waals surface area contributed by atoms with Crippen LogP contribution in [-0.2, 0) is 16.4 Å². The molecule has 0 radical (unpaired) electrons. The third-order valence-corrected chi connectivity index (χ3v) is 8.67. The fourth-order valence-corrected chi connectivity index (χ4v) is 6.81. The number of hydrogen-bond donors (Lipinski definition) is 1. The van der Waals surface area contributed by atoms with Crippen LogP contribution < -0.4 is 5.32 Å². The number of nitrogens with one attached hydrogen (secondary N) is 1. The van der Waals surface area contributed by atoms with E-state index in [9.17, 15) is 17.2 Å². The zero-order valence-corrected chi connectivity index (χ0v) is 22.1. The predicted molar refractivity (Wildman–Crippen MR) is 144 cm³/mol. The van der Waals surface area contributed by atoms with Gasteiger partial charge in [-0.2, -0.15) is 0 Å². The van der Waals surface area contributed by atoms with Crippen LogP contribution in [0.5, 0.6) is 0 Å². The summed E-state index contributed by atoms with van der Waals surface area (Å²) in [4.78, 5) is 2.41. The highest BCUT2D eigenvalue weighted by atomic mass is 35.5. The van der Waals surface area contributed by atoms with Crippen molar-refractivity contribution in [2.45, 2.75) is 31.3 Å². The smallest absolute Gasteiger partial charge is 0.176 e. The van der Waals surface area contributed by atoms with Crippen molar-refractivity contribution >= 4 is 26.3 Å². The molecule has 1 N–H and O–H groups in total. The zero-order valence-electron chi connectivity index (χ0n) is 20.6. The molecule has 0 saturated carbocycles. The summed E-state index contributed by atoms with van der Waals surface area (Å²) in [5, 5.41) is 3.99. The fraction of sp³-hybridized carbons (Fsp3) is 0.310. The summed E-state index contributed by atoms with van der Waals surface area (Å²) < 4.78 is 54.0. The van der Waals surface area contributed by atoms with E-state index in [-0.39, 0.29) is 22.4 Å². The minimum absolute atomic E-state index is 0.0253. The SMILES string of the molecule is CS(=O)(=O)/C(=C1/CN[C@@H]1C(c1ccc(Cl)cc1)c1ccc(CN2CCCC2)cc1)c1cc(F)cc(F)c1. The minimum Gasteiger partial charge on any atom is -0.305 e. The first kappa shape index (κ1) is 26.0. The second-order valence-corrected chi connectivity index (χ2v) is 12.3. The van der Waals surface area contributed by atoms with E-state index in [4.69, 9.17) is 11.6 Å². The molecule has 2 aliphatic rings. The van der Waals surface area contributed by atoms with Gasteiger partial charge in [0.25, 0.3) is 0 Å². The first-order valence-electron chi connectivity index (χ1n) is 12.4. The summed E-state index contributed by atoms with van der Waals surface area (Å²) in [6.45, 7) is 3.44. The van der Waals surface area contributed by atoms with Gasteiger partial charge < -0.3 is 5.32 Å². The average molecular weight is 543 g/mol. The quantitative estimate of drug-likeness (QED) is 0.411. The molecular formula is C29H29ClF2N2O2S. The number of likely N-dealkylation sites (tertiary alicyclic amines) is 1. The summed E-state index contributed by atoms with van der Waals surface area (Å²) in [5.74, 6) is -1.86. The molecule has 4 nitrogen and oxygen atoms in total. The Labute approximate surface area is 221 Å². The van der Waals surface area contributed by atoms with E-state index in [0.717, 1.165) is 55.2 Å². The summed E-state index contributed by atoms with van der Waals surface area (Å²) in [7, 11) is -3.79. The lowest BCUT2D eigenvalue weighted by Gasteiger charge is -2.40. The Balaban J connectivity index is 1.57. The molecule has 2 fully saturated rings. The normalized spacial score (nSPS) is 20.5. The highest BCUT2D eigenvalue weighted by Crippen LogP contribution is 2.40. The molecule has 1 unspecified atom stereocenters. The lowest BCUT2D eigenvalue weighted by Crippen LogP contribution is -2.51. The van der Waals surface area contributed by atoms with Gasteiger partial charge in [0.1, 0.15) is 11.6 Å². The highest BCUT2D eigenvalue weighted by molar-refractivity contribution is 8.00. The molecule has 3 aromatic rings. The Bertz CT molecular complexity index is 1400. The van der Waals surface area contributed by atoms with Crippen molar-refractivity contribution in [1.29, 1.82) is 0 Å². The molecule has 0 spiro atoms. The number of halogens is 3. The lowest BCUT2D eigenvalue weighted by atomic mass is 9.77. The Morgan fingerprint density at radius 1 is 0.973 bits per heavy atom. The standard InChI is InChI=1S/C29H29ClF2N2O2S/c1-37(35,36)29(22-14-24(31)16-25(32)15-22)26-17-33-28(26)27(21-8-10-23(30)11-9-21)20-6-4-19(5-7-20)18-34-12-2-3-13-34/h4-11,14-16,27-28,33H,2-3,12-13,17-18H2,1H3/b29-26-/t27?,28-/m0/s1.